The van der Waals surface area contributed by atoms with Crippen LogP contribution in [0.2, 0.25) is 0 Å². The Hall–Kier alpha value is -2.36. The predicted molar refractivity (Wildman–Crippen MR) is 84.6 cm³/mol. The fourth-order valence-corrected chi connectivity index (χ4v) is 2.48. The van der Waals surface area contributed by atoms with Crippen LogP contribution in [0.25, 0.3) is 10.8 Å². The first-order valence-corrected chi connectivity index (χ1v) is 7.46. The summed E-state index contributed by atoms with van der Waals surface area (Å²) in [6.45, 7) is 4.33. The first-order chi connectivity index (χ1) is 10.7. The zero-order valence-electron chi connectivity index (χ0n) is 12.9. The molecule has 4 nitrogen and oxygen atoms in total. The van der Waals surface area contributed by atoms with E-state index in [1.165, 1.54) is 0 Å². The average molecular weight is 300 g/mol. The van der Waals surface area contributed by atoms with Crippen molar-refractivity contribution in [2.24, 2.45) is 0 Å². The van der Waals surface area contributed by atoms with Gasteiger partial charge < -0.3 is 9.47 Å². The molecule has 116 valence electrons. The molecule has 2 rings (SSSR count). The van der Waals surface area contributed by atoms with Gasteiger partial charge in [0.2, 0.25) is 0 Å². The first-order valence-electron chi connectivity index (χ1n) is 7.46. The molecule has 0 fully saturated rings. The lowest BCUT2D eigenvalue weighted by atomic mass is 9.97. The SMILES string of the molecule is CCOC(=O)Cc1cccc2c(CC(=O)OCC)cccc12. The fraction of sp³-hybridized carbons (Fsp3) is 0.333. The van der Waals surface area contributed by atoms with Crippen LogP contribution in [-0.2, 0) is 31.9 Å². The minimum absolute atomic E-state index is 0.230. The molecule has 2 aromatic carbocycles. The van der Waals surface area contributed by atoms with E-state index in [0.29, 0.717) is 13.2 Å². The maximum absolute atomic E-state index is 11.7. The molecule has 0 saturated heterocycles. The average Bonchev–Trinajstić information content (AvgIpc) is 2.48. The van der Waals surface area contributed by atoms with E-state index in [-0.39, 0.29) is 24.8 Å². The van der Waals surface area contributed by atoms with E-state index in [4.69, 9.17) is 9.47 Å². The third-order valence-corrected chi connectivity index (χ3v) is 3.38. The minimum atomic E-state index is -0.245. The number of ether oxygens (including phenoxy) is 2. The van der Waals surface area contributed by atoms with Crippen LogP contribution in [0.4, 0.5) is 0 Å². The molecule has 0 amide bonds. The second-order valence-electron chi connectivity index (χ2n) is 4.89. The second-order valence-corrected chi connectivity index (χ2v) is 4.89. The van der Waals surface area contributed by atoms with Crippen molar-refractivity contribution in [1.29, 1.82) is 0 Å². The summed E-state index contributed by atoms with van der Waals surface area (Å²) in [6.07, 6.45) is 0.460. The van der Waals surface area contributed by atoms with Gasteiger partial charge in [-0.15, -0.1) is 0 Å². The summed E-state index contributed by atoms with van der Waals surface area (Å²) in [6, 6.07) is 11.5. The van der Waals surface area contributed by atoms with Crippen molar-refractivity contribution in [3.63, 3.8) is 0 Å². The van der Waals surface area contributed by atoms with Crippen molar-refractivity contribution in [3.05, 3.63) is 47.5 Å². The van der Waals surface area contributed by atoms with Gasteiger partial charge in [-0.3, -0.25) is 9.59 Å². The predicted octanol–water partition coefficient (Wildman–Crippen LogP) is 3.05. The molecule has 0 bridgehead atoms. The van der Waals surface area contributed by atoms with Crippen molar-refractivity contribution in [2.45, 2.75) is 26.7 Å². The number of fused-ring (bicyclic) bond motifs is 1. The van der Waals surface area contributed by atoms with Crippen LogP contribution in [-0.4, -0.2) is 25.2 Å². The molecule has 0 aliphatic rings. The van der Waals surface area contributed by atoms with E-state index < -0.39 is 0 Å². The lowest BCUT2D eigenvalue weighted by molar-refractivity contribution is -0.143. The molecule has 0 aliphatic heterocycles. The van der Waals surface area contributed by atoms with Gasteiger partial charge in [0.25, 0.3) is 0 Å². The molecule has 0 aromatic heterocycles. The molecule has 0 spiro atoms. The molecule has 0 atom stereocenters. The van der Waals surface area contributed by atoms with E-state index in [0.717, 1.165) is 21.9 Å². The molecule has 0 heterocycles. The molecular weight excluding hydrogens is 280 g/mol. The number of carbonyl (C=O) groups is 2. The number of hydrogen-bond acceptors (Lipinski definition) is 4. The summed E-state index contributed by atoms with van der Waals surface area (Å²) in [4.78, 5) is 23.4. The molecule has 2 aromatic rings. The minimum Gasteiger partial charge on any atom is -0.466 e. The van der Waals surface area contributed by atoms with Gasteiger partial charge in [-0.1, -0.05) is 36.4 Å². The van der Waals surface area contributed by atoms with Gasteiger partial charge in [0.1, 0.15) is 0 Å². The van der Waals surface area contributed by atoms with Gasteiger partial charge in [0, 0.05) is 0 Å². The van der Waals surface area contributed by atoms with Crippen LogP contribution in [0.3, 0.4) is 0 Å². The largest absolute Gasteiger partial charge is 0.466 e. The zero-order valence-corrected chi connectivity index (χ0v) is 12.9. The summed E-state index contributed by atoms with van der Waals surface area (Å²) in [5, 5.41) is 1.94. The van der Waals surface area contributed by atoms with E-state index >= 15 is 0 Å². The lowest BCUT2D eigenvalue weighted by Crippen LogP contribution is -2.09. The van der Waals surface area contributed by atoms with Crippen molar-refractivity contribution in [1.82, 2.24) is 0 Å². The molecule has 0 saturated carbocycles. The molecule has 0 radical (unpaired) electrons. The molecule has 0 N–H and O–H groups in total. The van der Waals surface area contributed by atoms with Crippen molar-refractivity contribution in [2.75, 3.05) is 13.2 Å². The molecule has 22 heavy (non-hydrogen) atoms. The van der Waals surface area contributed by atoms with Crippen LogP contribution in [0, 0.1) is 0 Å². The first kappa shape index (κ1) is 16.0. The van der Waals surface area contributed by atoms with Gasteiger partial charge >= 0.3 is 11.9 Å². The Morgan fingerprint density at radius 1 is 0.773 bits per heavy atom. The van der Waals surface area contributed by atoms with Gasteiger partial charge in [0.15, 0.2) is 0 Å². The third-order valence-electron chi connectivity index (χ3n) is 3.38. The highest BCUT2D eigenvalue weighted by molar-refractivity contribution is 5.93. The number of carbonyl (C=O) groups excluding carboxylic acids is 2. The summed E-state index contributed by atoms with van der Waals surface area (Å²) < 4.78 is 10.0. The molecule has 4 heteroatoms. The monoisotopic (exact) mass is 300 g/mol. The van der Waals surface area contributed by atoms with E-state index in [2.05, 4.69) is 0 Å². The summed E-state index contributed by atoms with van der Waals surface area (Å²) >= 11 is 0. The smallest absolute Gasteiger partial charge is 0.310 e. The Balaban J connectivity index is 2.33. The fourth-order valence-electron chi connectivity index (χ4n) is 2.48. The van der Waals surface area contributed by atoms with E-state index in [1.807, 2.05) is 36.4 Å². The van der Waals surface area contributed by atoms with Gasteiger partial charge in [-0.25, -0.2) is 0 Å². The van der Waals surface area contributed by atoms with Crippen molar-refractivity contribution in [3.8, 4) is 0 Å². The zero-order chi connectivity index (χ0) is 15.9. The van der Waals surface area contributed by atoms with Gasteiger partial charge in [-0.05, 0) is 35.7 Å². The number of esters is 2. The Morgan fingerprint density at radius 2 is 1.18 bits per heavy atom. The number of rotatable bonds is 6. The highest BCUT2D eigenvalue weighted by atomic mass is 16.5. The van der Waals surface area contributed by atoms with Gasteiger partial charge in [-0.2, -0.15) is 0 Å². The summed E-state index contributed by atoms with van der Waals surface area (Å²) in [5.74, 6) is -0.489. The van der Waals surface area contributed by atoms with Crippen LogP contribution in [0.1, 0.15) is 25.0 Å². The Morgan fingerprint density at radius 3 is 1.55 bits per heavy atom. The summed E-state index contributed by atoms with van der Waals surface area (Å²) in [5.41, 5.74) is 1.81. The van der Waals surface area contributed by atoms with Crippen LogP contribution < -0.4 is 0 Å². The standard InChI is InChI=1S/C18H20O4/c1-3-21-17(19)11-13-7-5-10-16-14(8-6-9-15(13)16)12-18(20)22-4-2/h5-10H,3-4,11-12H2,1-2H3. The highest BCUT2D eigenvalue weighted by Crippen LogP contribution is 2.24. The van der Waals surface area contributed by atoms with E-state index in [1.54, 1.807) is 13.8 Å². The maximum Gasteiger partial charge on any atom is 0.310 e. The summed E-state index contributed by atoms with van der Waals surface area (Å²) in [7, 11) is 0. The quantitative estimate of drug-likeness (QED) is 0.769. The van der Waals surface area contributed by atoms with Crippen LogP contribution in [0.15, 0.2) is 36.4 Å². The van der Waals surface area contributed by atoms with Gasteiger partial charge in [0.05, 0.1) is 26.1 Å². The van der Waals surface area contributed by atoms with Crippen molar-refractivity contribution < 1.29 is 19.1 Å². The van der Waals surface area contributed by atoms with Crippen LogP contribution in [0.5, 0.6) is 0 Å². The second kappa shape index (κ2) is 7.59. The number of hydrogen-bond donors (Lipinski definition) is 0. The highest BCUT2D eigenvalue weighted by Gasteiger charge is 2.11. The van der Waals surface area contributed by atoms with E-state index in [9.17, 15) is 9.59 Å². The molecule has 0 unspecified atom stereocenters. The molecule has 0 aliphatic carbocycles. The third kappa shape index (κ3) is 3.85. The molecular formula is C18H20O4. The number of benzene rings is 2. The Bertz CT molecular complexity index is 617. The van der Waals surface area contributed by atoms with Crippen LogP contribution >= 0.6 is 0 Å². The normalized spacial score (nSPS) is 10.5. The Kier molecular flexibility index (Phi) is 5.53. The lowest BCUT2D eigenvalue weighted by Gasteiger charge is -2.10. The van der Waals surface area contributed by atoms with Crippen molar-refractivity contribution >= 4 is 22.7 Å². The topological polar surface area (TPSA) is 52.6 Å². The maximum atomic E-state index is 11.7. The Labute approximate surface area is 130 Å².